The van der Waals surface area contributed by atoms with Crippen molar-refractivity contribution in [2.24, 2.45) is 5.73 Å². The first-order valence-corrected chi connectivity index (χ1v) is 5.19. The van der Waals surface area contributed by atoms with E-state index in [4.69, 9.17) is 17.3 Å². The third-order valence-electron chi connectivity index (χ3n) is 2.04. The Labute approximate surface area is 94.4 Å². The van der Waals surface area contributed by atoms with Crippen LogP contribution in [0.5, 0.6) is 0 Å². The number of nitrogens with two attached hydrogens (primary N) is 1. The Morgan fingerprint density at radius 3 is 2.53 bits per heavy atom. The molecule has 0 saturated carbocycles. The fourth-order valence-corrected chi connectivity index (χ4v) is 1.47. The van der Waals surface area contributed by atoms with Crippen LogP contribution >= 0.6 is 11.6 Å². The summed E-state index contributed by atoms with van der Waals surface area (Å²) in [5.74, 6) is -0.196. The van der Waals surface area contributed by atoms with E-state index in [0.717, 1.165) is 0 Å². The molecule has 0 unspecified atom stereocenters. The van der Waals surface area contributed by atoms with Crippen LogP contribution in [-0.2, 0) is 0 Å². The number of hydrogen-bond donors (Lipinski definition) is 1. The lowest BCUT2D eigenvalue weighted by Crippen LogP contribution is -2.42. The molecule has 0 aliphatic heterocycles. The normalized spacial score (nSPS) is 12.2. The maximum Gasteiger partial charge on any atom is 0.201 e. The van der Waals surface area contributed by atoms with Gasteiger partial charge in [0, 0.05) is 6.04 Å². The zero-order chi connectivity index (χ0) is 11.8. The van der Waals surface area contributed by atoms with Crippen LogP contribution in [0.2, 0.25) is 5.02 Å². The zero-order valence-corrected chi connectivity index (χ0v) is 10.2. The summed E-state index contributed by atoms with van der Waals surface area (Å²) in [6, 6.07) is 0.0822. The molecular formula is C10H16ClN3O. The van der Waals surface area contributed by atoms with Crippen molar-refractivity contribution in [2.45, 2.75) is 39.3 Å². The van der Waals surface area contributed by atoms with Gasteiger partial charge in [-0.2, -0.15) is 5.10 Å². The Balaban J connectivity index is 3.24. The highest BCUT2D eigenvalue weighted by molar-refractivity contribution is 6.34. The van der Waals surface area contributed by atoms with Gasteiger partial charge in [-0.15, -0.1) is 0 Å². The second kappa shape index (κ2) is 3.94. The maximum absolute atomic E-state index is 12.0. The van der Waals surface area contributed by atoms with E-state index in [1.807, 2.05) is 13.8 Å². The average molecular weight is 230 g/mol. The number of aromatic nitrogens is 2. The molecule has 84 valence electrons. The summed E-state index contributed by atoms with van der Waals surface area (Å²) < 4.78 is 1.60. The lowest BCUT2D eigenvalue weighted by Gasteiger charge is -2.19. The molecule has 0 aliphatic rings. The van der Waals surface area contributed by atoms with Gasteiger partial charge in [0.25, 0.3) is 0 Å². The molecule has 0 aliphatic carbocycles. The molecule has 5 heteroatoms. The van der Waals surface area contributed by atoms with Crippen LogP contribution in [0.25, 0.3) is 0 Å². The molecule has 0 atom stereocenters. The van der Waals surface area contributed by atoms with Gasteiger partial charge >= 0.3 is 0 Å². The van der Waals surface area contributed by atoms with E-state index in [1.165, 1.54) is 6.20 Å². The molecule has 0 fully saturated rings. The molecule has 1 heterocycles. The van der Waals surface area contributed by atoms with Crippen molar-refractivity contribution < 1.29 is 4.79 Å². The summed E-state index contributed by atoms with van der Waals surface area (Å²) in [5, 5.41) is 4.41. The minimum atomic E-state index is -0.934. The van der Waals surface area contributed by atoms with Crippen molar-refractivity contribution in [2.75, 3.05) is 0 Å². The van der Waals surface area contributed by atoms with E-state index >= 15 is 0 Å². The summed E-state index contributed by atoms with van der Waals surface area (Å²) in [7, 11) is 0. The summed E-state index contributed by atoms with van der Waals surface area (Å²) >= 11 is 5.93. The monoisotopic (exact) mass is 229 g/mol. The van der Waals surface area contributed by atoms with Crippen LogP contribution in [0.4, 0.5) is 0 Å². The molecule has 0 bridgehead atoms. The lowest BCUT2D eigenvalue weighted by molar-refractivity contribution is 0.0900. The number of Topliss-reactive ketones (excluding diaryl/α,β-unsaturated/α-hetero) is 1. The van der Waals surface area contributed by atoms with Gasteiger partial charge in [-0.05, 0) is 27.7 Å². The van der Waals surface area contributed by atoms with Gasteiger partial charge in [0.1, 0.15) is 5.69 Å². The summed E-state index contributed by atoms with van der Waals surface area (Å²) in [5.41, 5.74) is 5.21. The molecule has 0 aromatic carbocycles. The highest BCUT2D eigenvalue weighted by atomic mass is 35.5. The van der Waals surface area contributed by atoms with Crippen LogP contribution in [0.1, 0.15) is 44.2 Å². The average Bonchev–Trinajstić information content (AvgIpc) is 2.44. The molecular weight excluding hydrogens is 214 g/mol. The van der Waals surface area contributed by atoms with Crippen molar-refractivity contribution in [1.82, 2.24) is 9.78 Å². The number of carbonyl (C=O) groups excluding carboxylic acids is 1. The summed E-state index contributed by atoms with van der Waals surface area (Å²) in [6.07, 6.45) is 1.47. The minimum Gasteiger partial charge on any atom is -0.319 e. The van der Waals surface area contributed by atoms with E-state index in [-0.39, 0.29) is 11.8 Å². The Bertz CT molecular complexity index is 377. The molecule has 1 aromatic heterocycles. The van der Waals surface area contributed by atoms with Crippen molar-refractivity contribution in [3.05, 3.63) is 16.9 Å². The van der Waals surface area contributed by atoms with Crippen LogP contribution in [0, 0.1) is 0 Å². The van der Waals surface area contributed by atoms with E-state index in [0.29, 0.717) is 10.7 Å². The number of halogens is 1. The van der Waals surface area contributed by atoms with Gasteiger partial charge < -0.3 is 5.73 Å². The van der Waals surface area contributed by atoms with Crippen molar-refractivity contribution in [3.63, 3.8) is 0 Å². The first-order valence-electron chi connectivity index (χ1n) is 4.82. The highest BCUT2D eigenvalue weighted by Crippen LogP contribution is 2.22. The molecule has 1 rings (SSSR count). The molecule has 2 N–H and O–H groups in total. The summed E-state index contributed by atoms with van der Waals surface area (Å²) in [4.78, 5) is 12.0. The first-order chi connectivity index (χ1) is 6.75. The predicted octanol–water partition coefficient (Wildman–Crippen LogP) is 2.04. The van der Waals surface area contributed by atoms with Gasteiger partial charge in [0.2, 0.25) is 5.78 Å². The van der Waals surface area contributed by atoms with Crippen molar-refractivity contribution >= 4 is 17.4 Å². The van der Waals surface area contributed by atoms with Gasteiger partial charge in [0.15, 0.2) is 0 Å². The molecule has 0 radical (unpaired) electrons. The van der Waals surface area contributed by atoms with Crippen LogP contribution in [-0.4, -0.2) is 21.1 Å². The van der Waals surface area contributed by atoms with Crippen molar-refractivity contribution in [1.29, 1.82) is 0 Å². The molecule has 4 nitrogen and oxygen atoms in total. The Morgan fingerprint density at radius 2 is 2.13 bits per heavy atom. The highest BCUT2D eigenvalue weighted by Gasteiger charge is 2.29. The van der Waals surface area contributed by atoms with Crippen molar-refractivity contribution in [3.8, 4) is 0 Å². The predicted molar refractivity (Wildman–Crippen MR) is 60.2 cm³/mol. The van der Waals surface area contributed by atoms with Crippen LogP contribution in [0.15, 0.2) is 6.20 Å². The third-order valence-corrected chi connectivity index (χ3v) is 2.32. The number of nitrogens with zero attached hydrogens (tertiary/aromatic N) is 2. The molecule has 0 saturated heterocycles. The number of rotatable bonds is 3. The lowest BCUT2D eigenvalue weighted by atomic mass is 9.98. The molecule has 0 spiro atoms. The summed E-state index contributed by atoms with van der Waals surface area (Å²) in [6.45, 7) is 7.18. The topological polar surface area (TPSA) is 60.9 Å². The minimum absolute atomic E-state index is 0.0822. The van der Waals surface area contributed by atoms with Gasteiger partial charge in [-0.3, -0.25) is 9.48 Å². The maximum atomic E-state index is 12.0. The second-order valence-electron chi connectivity index (χ2n) is 4.43. The van der Waals surface area contributed by atoms with E-state index in [2.05, 4.69) is 5.10 Å². The number of hydrogen-bond acceptors (Lipinski definition) is 3. The van der Waals surface area contributed by atoms with Gasteiger partial charge in [0.05, 0.1) is 16.8 Å². The first kappa shape index (κ1) is 12.2. The van der Waals surface area contributed by atoms with Gasteiger partial charge in [-0.25, -0.2) is 0 Å². The van der Waals surface area contributed by atoms with E-state index < -0.39 is 5.54 Å². The molecule has 1 aromatic rings. The number of ketones is 1. The van der Waals surface area contributed by atoms with Crippen LogP contribution < -0.4 is 5.73 Å². The Morgan fingerprint density at radius 1 is 1.60 bits per heavy atom. The smallest absolute Gasteiger partial charge is 0.201 e. The quantitative estimate of drug-likeness (QED) is 0.807. The number of carbonyl (C=O) groups is 1. The van der Waals surface area contributed by atoms with E-state index in [9.17, 15) is 4.79 Å². The SMILES string of the molecule is CC(C)n1ncc(Cl)c1C(=O)C(C)(C)N. The standard InChI is InChI=1S/C10H16ClN3O/c1-6(2)14-8(7(11)5-13-14)9(15)10(3,4)12/h5-6H,12H2,1-4H3. The molecule has 0 amide bonds. The molecule has 15 heavy (non-hydrogen) atoms. The Kier molecular flexibility index (Phi) is 3.21. The fourth-order valence-electron chi connectivity index (χ4n) is 1.25. The van der Waals surface area contributed by atoms with Gasteiger partial charge in [-0.1, -0.05) is 11.6 Å². The zero-order valence-electron chi connectivity index (χ0n) is 9.41. The van der Waals surface area contributed by atoms with E-state index in [1.54, 1.807) is 18.5 Å². The fraction of sp³-hybridized carbons (Fsp3) is 0.600. The largest absolute Gasteiger partial charge is 0.319 e. The second-order valence-corrected chi connectivity index (χ2v) is 4.84. The third kappa shape index (κ3) is 2.38. The van der Waals surface area contributed by atoms with Crippen LogP contribution in [0.3, 0.4) is 0 Å². The Hall–Kier alpha value is -0.870.